The van der Waals surface area contributed by atoms with Gasteiger partial charge in [-0.25, -0.2) is 4.79 Å². The van der Waals surface area contributed by atoms with Crippen molar-refractivity contribution in [2.75, 3.05) is 6.61 Å². The second-order valence-electron chi connectivity index (χ2n) is 12.4. The molecule has 0 rings (SSSR count). The molecule has 0 N–H and O–H groups in total. The Morgan fingerprint density at radius 3 is 1.53 bits per heavy atom. The first-order valence-corrected chi connectivity index (χ1v) is 16.8. The largest absolute Gasteiger partial charge is 0.461 e. The van der Waals surface area contributed by atoms with Gasteiger partial charge in [0.05, 0.1) is 6.61 Å². The van der Waals surface area contributed by atoms with E-state index in [0.717, 1.165) is 38.0 Å². The highest BCUT2D eigenvalue weighted by atomic mass is 19.3. The molecule has 1 unspecified atom stereocenters. The SMILES string of the molecule is CCCCCCCCCC(CCCCCCC(F)(F)C(=O)OCCC(CCCCC)CCCCC)C(C)C. The molecule has 0 saturated carbocycles. The zero-order chi connectivity index (χ0) is 28.5. The minimum absolute atomic E-state index is 0.132. The number of unbranched alkanes of at least 4 members (excludes halogenated alkanes) is 13. The van der Waals surface area contributed by atoms with E-state index in [1.54, 1.807) is 0 Å². The van der Waals surface area contributed by atoms with Crippen molar-refractivity contribution in [3.63, 3.8) is 0 Å². The summed E-state index contributed by atoms with van der Waals surface area (Å²) in [7, 11) is 0. The van der Waals surface area contributed by atoms with Crippen molar-refractivity contribution in [3.8, 4) is 0 Å². The molecule has 0 fully saturated rings. The van der Waals surface area contributed by atoms with Gasteiger partial charge < -0.3 is 4.74 Å². The number of hydrogen-bond acceptors (Lipinski definition) is 2. The Hall–Kier alpha value is -0.670. The Labute approximate surface area is 236 Å². The highest BCUT2D eigenvalue weighted by molar-refractivity contribution is 5.77. The second kappa shape index (κ2) is 25.3. The number of alkyl halides is 2. The first-order valence-electron chi connectivity index (χ1n) is 16.8. The molecule has 0 heterocycles. The van der Waals surface area contributed by atoms with Crippen molar-refractivity contribution in [3.05, 3.63) is 0 Å². The zero-order valence-corrected chi connectivity index (χ0v) is 26.3. The number of carbonyl (C=O) groups is 1. The monoisotopic (exact) mass is 545 g/mol. The maximum Gasteiger partial charge on any atom is 0.376 e. The van der Waals surface area contributed by atoms with Crippen LogP contribution in [-0.4, -0.2) is 18.5 Å². The van der Waals surface area contributed by atoms with E-state index in [9.17, 15) is 13.6 Å². The molecule has 0 aromatic rings. The molecule has 0 aromatic carbocycles. The van der Waals surface area contributed by atoms with Crippen LogP contribution in [0.4, 0.5) is 8.78 Å². The van der Waals surface area contributed by atoms with Gasteiger partial charge in [-0.1, -0.05) is 163 Å². The van der Waals surface area contributed by atoms with Crippen LogP contribution in [0.1, 0.15) is 182 Å². The van der Waals surface area contributed by atoms with Crippen molar-refractivity contribution in [2.45, 2.75) is 188 Å². The second-order valence-corrected chi connectivity index (χ2v) is 12.4. The molecule has 0 amide bonds. The van der Waals surface area contributed by atoms with Crippen molar-refractivity contribution < 1.29 is 18.3 Å². The quantitative estimate of drug-likeness (QED) is 0.0723. The van der Waals surface area contributed by atoms with Crippen LogP contribution >= 0.6 is 0 Å². The fraction of sp³-hybridized carbons (Fsp3) is 0.971. The Bertz CT molecular complexity index is 511. The number of halogens is 2. The maximum atomic E-state index is 14.4. The number of carbonyl (C=O) groups excluding carboxylic acids is 1. The minimum Gasteiger partial charge on any atom is -0.461 e. The van der Waals surface area contributed by atoms with Crippen molar-refractivity contribution in [1.29, 1.82) is 0 Å². The van der Waals surface area contributed by atoms with Crippen molar-refractivity contribution >= 4 is 5.97 Å². The third kappa shape index (κ3) is 21.2. The molecule has 0 aliphatic carbocycles. The lowest BCUT2D eigenvalue weighted by atomic mass is 9.85. The predicted octanol–water partition coefficient (Wildman–Crippen LogP) is 12.1. The van der Waals surface area contributed by atoms with Crippen LogP contribution in [0.5, 0.6) is 0 Å². The molecule has 0 spiro atoms. The molecule has 0 aromatic heterocycles. The lowest BCUT2D eigenvalue weighted by Gasteiger charge is -2.21. The fourth-order valence-corrected chi connectivity index (χ4v) is 5.61. The lowest BCUT2D eigenvalue weighted by molar-refractivity contribution is -0.173. The van der Waals surface area contributed by atoms with E-state index < -0.39 is 11.9 Å². The molecule has 0 saturated heterocycles. The van der Waals surface area contributed by atoms with Crippen LogP contribution < -0.4 is 0 Å². The Morgan fingerprint density at radius 1 is 0.605 bits per heavy atom. The van der Waals surface area contributed by atoms with Crippen LogP contribution in [-0.2, 0) is 9.53 Å². The van der Waals surface area contributed by atoms with Crippen LogP contribution in [0.15, 0.2) is 0 Å². The van der Waals surface area contributed by atoms with E-state index in [2.05, 4.69) is 34.6 Å². The van der Waals surface area contributed by atoms with Gasteiger partial charge in [-0.2, -0.15) is 8.78 Å². The highest BCUT2D eigenvalue weighted by Gasteiger charge is 2.39. The van der Waals surface area contributed by atoms with Gasteiger partial charge in [0.25, 0.3) is 0 Å². The molecule has 0 aliphatic heterocycles. The summed E-state index contributed by atoms with van der Waals surface area (Å²) in [5.74, 6) is -2.75. The average molecular weight is 545 g/mol. The third-order valence-electron chi connectivity index (χ3n) is 8.43. The van der Waals surface area contributed by atoms with Gasteiger partial charge in [0, 0.05) is 6.42 Å². The van der Waals surface area contributed by atoms with E-state index in [4.69, 9.17) is 4.74 Å². The topological polar surface area (TPSA) is 26.3 Å². The molecule has 1 atom stereocenters. The maximum absolute atomic E-state index is 14.4. The van der Waals surface area contributed by atoms with Gasteiger partial charge in [0.1, 0.15) is 0 Å². The molecule has 228 valence electrons. The summed E-state index contributed by atoms with van der Waals surface area (Å²) >= 11 is 0. The number of rotatable bonds is 28. The summed E-state index contributed by atoms with van der Waals surface area (Å²) in [6, 6.07) is 0. The summed E-state index contributed by atoms with van der Waals surface area (Å²) in [5.41, 5.74) is 0. The van der Waals surface area contributed by atoms with Gasteiger partial charge in [0.15, 0.2) is 0 Å². The summed E-state index contributed by atoms with van der Waals surface area (Å²) < 4.78 is 33.8. The van der Waals surface area contributed by atoms with Gasteiger partial charge in [-0.15, -0.1) is 0 Å². The van der Waals surface area contributed by atoms with Crippen LogP contribution in [0, 0.1) is 17.8 Å². The van der Waals surface area contributed by atoms with E-state index in [0.29, 0.717) is 24.7 Å². The molecule has 0 bridgehead atoms. The number of esters is 1. The average Bonchev–Trinajstić information content (AvgIpc) is 2.88. The summed E-state index contributed by atoms with van der Waals surface area (Å²) in [4.78, 5) is 12.1. The molecular weight excluding hydrogens is 478 g/mol. The number of hydrogen-bond donors (Lipinski definition) is 0. The first-order chi connectivity index (χ1) is 18.3. The zero-order valence-electron chi connectivity index (χ0n) is 26.3. The van der Waals surface area contributed by atoms with Gasteiger partial charge in [-0.05, 0) is 30.6 Å². The van der Waals surface area contributed by atoms with Crippen molar-refractivity contribution in [1.82, 2.24) is 0 Å². The van der Waals surface area contributed by atoms with Gasteiger partial charge in [0.2, 0.25) is 0 Å². The first kappa shape index (κ1) is 37.3. The lowest BCUT2D eigenvalue weighted by Crippen LogP contribution is -2.31. The molecule has 0 aliphatic rings. The third-order valence-corrected chi connectivity index (χ3v) is 8.43. The van der Waals surface area contributed by atoms with E-state index in [1.165, 1.54) is 96.3 Å². The number of ether oxygens (including phenoxy) is 1. The van der Waals surface area contributed by atoms with E-state index in [1.807, 2.05) is 0 Å². The van der Waals surface area contributed by atoms with Crippen LogP contribution in [0.3, 0.4) is 0 Å². The van der Waals surface area contributed by atoms with E-state index in [-0.39, 0.29) is 13.0 Å². The van der Waals surface area contributed by atoms with Crippen molar-refractivity contribution in [2.24, 2.45) is 17.8 Å². The normalized spacial score (nSPS) is 13.0. The summed E-state index contributed by atoms with van der Waals surface area (Å²) in [6.45, 7) is 11.4. The minimum atomic E-state index is -3.35. The van der Waals surface area contributed by atoms with Gasteiger partial charge >= 0.3 is 11.9 Å². The molecule has 2 nitrogen and oxygen atoms in total. The van der Waals surface area contributed by atoms with Crippen LogP contribution in [0.25, 0.3) is 0 Å². The Balaban J connectivity index is 4.11. The smallest absolute Gasteiger partial charge is 0.376 e. The molecular formula is C34H66F2O2. The van der Waals surface area contributed by atoms with Crippen LogP contribution in [0.2, 0.25) is 0 Å². The molecule has 4 heteroatoms. The van der Waals surface area contributed by atoms with Gasteiger partial charge in [-0.3, -0.25) is 0 Å². The molecule has 0 radical (unpaired) electrons. The predicted molar refractivity (Wildman–Crippen MR) is 161 cm³/mol. The Kier molecular flexibility index (Phi) is 24.9. The summed E-state index contributed by atoms with van der Waals surface area (Å²) in [6.07, 6.45) is 24.9. The highest BCUT2D eigenvalue weighted by Crippen LogP contribution is 2.28. The van der Waals surface area contributed by atoms with E-state index >= 15 is 0 Å². The summed E-state index contributed by atoms with van der Waals surface area (Å²) in [5, 5.41) is 0. The fourth-order valence-electron chi connectivity index (χ4n) is 5.61. The standard InChI is InChI=1S/C34H66F2O2/c1-6-9-12-13-14-15-20-25-32(30(4)5)26-21-16-17-22-28-34(35,36)33(37)38-29-27-31(23-18-10-7-2)24-19-11-8-3/h30-32H,6-29H2,1-5H3. The Morgan fingerprint density at radius 2 is 1.03 bits per heavy atom. The molecule has 38 heavy (non-hydrogen) atoms.